The maximum Gasteiger partial charge on any atom is 0.314 e. The Kier molecular flexibility index (Phi) is 8.96. The van der Waals surface area contributed by atoms with E-state index in [4.69, 9.17) is 24.0 Å². The van der Waals surface area contributed by atoms with Gasteiger partial charge in [-0.25, -0.2) is 0 Å². The van der Waals surface area contributed by atoms with Gasteiger partial charge < -0.3 is 18.9 Å². The smallest absolute Gasteiger partial charge is 0.314 e. The zero-order valence-electron chi connectivity index (χ0n) is 19.1. The lowest BCUT2D eigenvalue weighted by atomic mass is 9.72. The van der Waals surface area contributed by atoms with Crippen molar-refractivity contribution in [2.24, 2.45) is 16.9 Å². The molecule has 0 aromatic rings. The molecule has 0 aromatic heterocycles. The van der Waals surface area contributed by atoms with E-state index in [-0.39, 0.29) is 17.8 Å². The van der Waals surface area contributed by atoms with Crippen LogP contribution in [0.3, 0.4) is 0 Å². The lowest BCUT2D eigenvalue weighted by molar-refractivity contribution is -0.232. The molecule has 0 bridgehead atoms. The van der Waals surface area contributed by atoms with Crippen molar-refractivity contribution in [3.63, 3.8) is 0 Å². The molecule has 0 aromatic carbocycles. The molecule has 172 valence electrons. The summed E-state index contributed by atoms with van der Waals surface area (Å²) in [5, 5.41) is 7.32. The van der Waals surface area contributed by atoms with Gasteiger partial charge in [-0.3, -0.25) is 9.80 Å². The first-order valence-electron chi connectivity index (χ1n) is 11.9. The topological polar surface area (TPSA) is 69.6 Å². The van der Waals surface area contributed by atoms with Gasteiger partial charge in [-0.1, -0.05) is 13.3 Å². The first-order valence-corrected chi connectivity index (χ1v) is 11.9. The average molecular weight is 425 g/mol. The Hall–Kier alpha value is -1.18. The second-order valence-corrected chi connectivity index (χ2v) is 8.78. The molecule has 2 heterocycles. The summed E-state index contributed by atoms with van der Waals surface area (Å²) in [7, 11) is 1.76. The molecule has 0 amide bonds. The molecule has 7 heteroatoms. The Morgan fingerprint density at radius 1 is 1.20 bits per heavy atom. The molecule has 3 aliphatic rings. The van der Waals surface area contributed by atoms with Crippen molar-refractivity contribution in [2.45, 2.75) is 83.5 Å². The van der Waals surface area contributed by atoms with Gasteiger partial charge in [0.15, 0.2) is 5.79 Å². The molecule has 3 fully saturated rings. The van der Waals surface area contributed by atoms with Gasteiger partial charge >= 0.3 is 5.97 Å². The highest BCUT2D eigenvalue weighted by atomic mass is 16.7. The fraction of sp³-hybridized carbons (Fsp3) is 0.913. The van der Waals surface area contributed by atoms with E-state index in [1.54, 1.807) is 7.11 Å². The summed E-state index contributed by atoms with van der Waals surface area (Å²) in [6.07, 6.45) is 9.01. The van der Waals surface area contributed by atoms with E-state index in [2.05, 4.69) is 11.9 Å². The third kappa shape index (κ3) is 5.54. The van der Waals surface area contributed by atoms with Crippen LogP contribution in [-0.4, -0.2) is 68.6 Å². The molecule has 0 radical (unpaired) electrons. The number of hydrogen-bond acceptors (Lipinski definition) is 7. The van der Waals surface area contributed by atoms with Crippen molar-refractivity contribution >= 4 is 11.7 Å². The van der Waals surface area contributed by atoms with Crippen LogP contribution in [0, 0.1) is 11.8 Å². The number of ether oxygens (including phenoxy) is 4. The van der Waals surface area contributed by atoms with Crippen LogP contribution in [0.2, 0.25) is 0 Å². The van der Waals surface area contributed by atoms with Crippen molar-refractivity contribution in [3.05, 3.63) is 0 Å². The maximum atomic E-state index is 13.0. The van der Waals surface area contributed by atoms with E-state index in [0.29, 0.717) is 32.5 Å². The van der Waals surface area contributed by atoms with Gasteiger partial charge in [0.25, 0.3) is 0 Å². The number of unbranched alkanes of at least 4 members (excludes halogenated alkanes) is 1. The Morgan fingerprint density at radius 3 is 2.70 bits per heavy atom. The van der Waals surface area contributed by atoms with Crippen molar-refractivity contribution < 1.29 is 23.7 Å². The Labute approximate surface area is 181 Å². The number of hydrogen-bond donors (Lipinski definition) is 0. The van der Waals surface area contributed by atoms with Crippen LogP contribution in [0.1, 0.15) is 71.6 Å². The highest BCUT2D eigenvalue weighted by Gasteiger charge is 2.54. The monoisotopic (exact) mass is 424 g/mol. The standard InChI is InChI=1S/C23H40N2O5/c1-4-6-10-19(24-25-13-8-11-20(25)17-27-3)16-18-9-7-12-23(29-14-15-30-23)21(18)22(26)28-5-2/h18,20-21H,4-17H2,1-3H3/t18-,20+,21+/m1/s1. The van der Waals surface area contributed by atoms with Crippen LogP contribution >= 0.6 is 0 Å². The molecule has 0 unspecified atom stereocenters. The lowest BCUT2D eigenvalue weighted by Gasteiger charge is -2.42. The predicted molar refractivity (Wildman–Crippen MR) is 115 cm³/mol. The average Bonchev–Trinajstić information content (AvgIpc) is 3.37. The molecule has 1 spiro atoms. The van der Waals surface area contributed by atoms with Crippen LogP contribution < -0.4 is 0 Å². The summed E-state index contributed by atoms with van der Waals surface area (Å²) in [6.45, 7) is 7.23. The minimum atomic E-state index is -0.808. The molecule has 2 saturated heterocycles. The Morgan fingerprint density at radius 2 is 2.00 bits per heavy atom. The van der Waals surface area contributed by atoms with Crippen molar-refractivity contribution in [1.82, 2.24) is 5.01 Å². The molecule has 30 heavy (non-hydrogen) atoms. The van der Waals surface area contributed by atoms with Gasteiger partial charge in [-0.05, 0) is 57.8 Å². The van der Waals surface area contributed by atoms with E-state index in [1.807, 2.05) is 6.92 Å². The van der Waals surface area contributed by atoms with E-state index in [9.17, 15) is 4.79 Å². The van der Waals surface area contributed by atoms with E-state index in [1.165, 1.54) is 5.71 Å². The zero-order valence-corrected chi connectivity index (χ0v) is 19.1. The summed E-state index contributed by atoms with van der Waals surface area (Å²) in [4.78, 5) is 13.0. The van der Waals surface area contributed by atoms with Crippen LogP contribution in [0.25, 0.3) is 0 Å². The summed E-state index contributed by atoms with van der Waals surface area (Å²) in [6, 6.07) is 0.353. The lowest BCUT2D eigenvalue weighted by Crippen LogP contribution is -2.51. The number of methoxy groups -OCH3 is 1. The summed E-state index contributed by atoms with van der Waals surface area (Å²) in [5.74, 6) is -1.24. The van der Waals surface area contributed by atoms with Crippen LogP contribution in [-0.2, 0) is 23.7 Å². The number of carbonyl (C=O) groups is 1. The number of hydrazone groups is 1. The van der Waals surface area contributed by atoms with E-state index < -0.39 is 5.79 Å². The molecule has 0 N–H and O–H groups in total. The third-order valence-electron chi connectivity index (χ3n) is 6.65. The molecule has 1 aliphatic carbocycles. The number of nitrogens with zero attached hydrogens (tertiary/aromatic N) is 2. The molecule has 1 saturated carbocycles. The first-order chi connectivity index (χ1) is 14.6. The van der Waals surface area contributed by atoms with Crippen molar-refractivity contribution in [1.29, 1.82) is 0 Å². The third-order valence-corrected chi connectivity index (χ3v) is 6.65. The van der Waals surface area contributed by atoms with Crippen molar-refractivity contribution in [3.8, 4) is 0 Å². The zero-order chi connectivity index (χ0) is 21.4. The van der Waals surface area contributed by atoms with Gasteiger partial charge in [0.1, 0.15) is 5.92 Å². The first kappa shape index (κ1) is 23.5. The fourth-order valence-corrected chi connectivity index (χ4v) is 5.28. The highest BCUT2D eigenvalue weighted by molar-refractivity contribution is 5.85. The molecule has 7 nitrogen and oxygen atoms in total. The van der Waals surface area contributed by atoms with Gasteiger partial charge in [-0.15, -0.1) is 0 Å². The Bertz CT molecular complexity index is 576. The summed E-state index contributed by atoms with van der Waals surface area (Å²) < 4.78 is 23.0. The Balaban J connectivity index is 1.80. The van der Waals surface area contributed by atoms with E-state index in [0.717, 1.165) is 64.3 Å². The van der Waals surface area contributed by atoms with Gasteiger partial charge in [0.2, 0.25) is 0 Å². The molecular formula is C23H40N2O5. The van der Waals surface area contributed by atoms with Crippen molar-refractivity contribution in [2.75, 3.05) is 40.1 Å². The number of rotatable bonds is 10. The van der Waals surface area contributed by atoms with Crippen LogP contribution in [0.4, 0.5) is 0 Å². The molecule has 3 atom stereocenters. The maximum absolute atomic E-state index is 13.0. The summed E-state index contributed by atoms with van der Waals surface area (Å²) >= 11 is 0. The molecule has 2 aliphatic heterocycles. The van der Waals surface area contributed by atoms with Gasteiger partial charge in [0.05, 0.1) is 32.5 Å². The summed E-state index contributed by atoms with van der Waals surface area (Å²) in [5.41, 5.74) is 1.19. The van der Waals surface area contributed by atoms with Crippen LogP contribution in [0.5, 0.6) is 0 Å². The minimum absolute atomic E-state index is 0.134. The van der Waals surface area contributed by atoms with Crippen LogP contribution in [0.15, 0.2) is 5.10 Å². The predicted octanol–water partition coefficient (Wildman–Crippen LogP) is 3.76. The quantitative estimate of drug-likeness (QED) is 0.393. The molecular weight excluding hydrogens is 384 g/mol. The number of carbonyl (C=O) groups excluding carboxylic acids is 1. The normalized spacial score (nSPS) is 29.0. The number of esters is 1. The van der Waals surface area contributed by atoms with Gasteiger partial charge in [0, 0.05) is 25.8 Å². The minimum Gasteiger partial charge on any atom is -0.466 e. The largest absolute Gasteiger partial charge is 0.466 e. The molecule has 3 rings (SSSR count). The van der Waals surface area contributed by atoms with E-state index >= 15 is 0 Å². The SMILES string of the molecule is CCCCC(C[C@H]1CCCC2(OCCO2)[C@@H]1C(=O)OCC)=NN1CCC[C@H]1COC. The van der Waals surface area contributed by atoms with Gasteiger partial charge in [-0.2, -0.15) is 5.10 Å². The second-order valence-electron chi connectivity index (χ2n) is 8.78. The second kappa shape index (κ2) is 11.4. The fourth-order valence-electron chi connectivity index (χ4n) is 5.28. The highest BCUT2D eigenvalue weighted by Crippen LogP contribution is 2.46.